The predicted octanol–water partition coefficient (Wildman–Crippen LogP) is 17.1. The third-order valence-electron chi connectivity index (χ3n) is 16.8. The highest BCUT2D eigenvalue weighted by Crippen LogP contribution is 2.59. The summed E-state index contributed by atoms with van der Waals surface area (Å²) in [4.78, 5) is 19.1. The molecule has 4 heterocycles. The molecule has 3 aromatic heterocycles. The van der Waals surface area contributed by atoms with Crippen molar-refractivity contribution >= 4 is 55.1 Å². The van der Waals surface area contributed by atoms with Gasteiger partial charge >= 0.3 is 0 Å². The van der Waals surface area contributed by atoms with Crippen molar-refractivity contribution < 1.29 is 4.42 Å². The summed E-state index contributed by atoms with van der Waals surface area (Å²) in [5.41, 5.74) is 16.8. The van der Waals surface area contributed by atoms with E-state index in [9.17, 15) is 0 Å². The van der Waals surface area contributed by atoms with Gasteiger partial charge in [0.25, 0.3) is 0 Å². The number of nitrogens with zero attached hydrogens (tertiary/aromatic N) is 5. The molecule has 4 aliphatic rings. The van der Waals surface area contributed by atoms with Gasteiger partial charge in [-0.2, -0.15) is 0 Å². The molecular weight excluding hydrogens is 903 g/mol. The summed E-state index contributed by atoms with van der Waals surface area (Å²) in [5, 5.41) is 4.56. The SMILES string of the molecule is CC1(c2nc(-c3ccc4c(c3)C(C)(C)c3ccccc3-4)nc(-c3ccc4oc5ccccc5c4c3N3c4ccc(-c5ccc6c7ccccc7n(-c7ccccc7)c6c5)cc4C4C=CC=CC43C)n2)C=CC=CC1. The first-order valence-electron chi connectivity index (χ1n) is 25.9. The lowest BCUT2D eigenvalue weighted by Crippen LogP contribution is -2.42. The summed E-state index contributed by atoms with van der Waals surface area (Å²) in [7, 11) is 0. The summed E-state index contributed by atoms with van der Waals surface area (Å²) in [6, 6.07) is 61.8. The molecule has 0 amide bonds. The first kappa shape index (κ1) is 42.8. The minimum Gasteiger partial charge on any atom is -0.456 e. The number of furan rings is 1. The lowest BCUT2D eigenvalue weighted by Gasteiger charge is -2.40. The number of anilines is 2. The second-order valence-electron chi connectivity index (χ2n) is 21.6. The molecular formula is C68H51N5O. The van der Waals surface area contributed by atoms with Gasteiger partial charge < -0.3 is 13.9 Å². The lowest BCUT2D eigenvalue weighted by molar-refractivity contribution is 0.543. The molecule has 6 heteroatoms. The van der Waals surface area contributed by atoms with Gasteiger partial charge in [0.15, 0.2) is 11.6 Å². The summed E-state index contributed by atoms with van der Waals surface area (Å²) in [5.74, 6) is 2.06. The zero-order valence-corrected chi connectivity index (χ0v) is 41.7. The fourth-order valence-electron chi connectivity index (χ4n) is 13.0. The molecule has 15 rings (SSSR count). The highest BCUT2D eigenvalue weighted by Gasteiger charge is 2.49. The maximum absolute atomic E-state index is 6.76. The second kappa shape index (κ2) is 15.6. The highest BCUT2D eigenvalue weighted by atomic mass is 16.3. The molecule has 3 aliphatic carbocycles. The summed E-state index contributed by atoms with van der Waals surface area (Å²) in [6.45, 7) is 9.27. The van der Waals surface area contributed by atoms with Crippen LogP contribution in [0.4, 0.5) is 11.4 Å². The predicted molar refractivity (Wildman–Crippen MR) is 304 cm³/mol. The van der Waals surface area contributed by atoms with Crippen molar-refractivity contribution in [1.82, 2.24) is 19.5 Å². The van der Waals surface area contributed by atoms with E-state index in [4.69, 9.17) is 19.4 Å². The van der Waals surface area contributed by atoms with E-state index in [-0.39, 0.29) is 11.3 Å². The Morgan fingerprint density at radius 1 is 0.527 bits per heavy atom. The van der Waals surface area contributed by atoms with E-state index >= 15 is 0 Å². The summed E-state index contributed by atoms with van der Waals surface area (Å²) in [6.07, 6.45) is 18.6. The van der Waals surface area contributed by atoms with Crippen molar-refractivity contribution in [2.45, 2.75) is 56.4 Å². The largest absolute Gasteiger partial charge is 0.456 e. The van der Waals surface area contributed by atoms with Gasteiger partial charge in [0.05, 0.1) is 27.6 Å². The highest BCUT2D eigenvalue weighted by molar-refractivity contribution is 6.16. The van der Waals surface area contributed by atoms with Gasteiger partial charge in [0.2, 0.25) is 0 Å². The van der Waals surface area contributed by atoms with Crippen LogP contribution >= 0.6 is 0 Å². The standard InChI is InChI=1S/C68H51N5O/c1-66(2)53-24-12-9-21-46(53)47-31-29-44(40-55(47)66)63-69-64(71-65(70-63)67(3)36-16-6-17-37-67)51-33-35-60-61(50-23-11-14-27-59(50)74-60)62(51)73-57-34-30-42(39-52(57)54-25-15-18-38-68(54,73)4)43-28-32-49-48-22-10-13-26-56(48)72(58(49)41-43)45-19-7-5-8-20-45/h5-36,38-41,54H,37H2,1-4H3. The van der Waals surface area contributed by atoms with Crippen LogP contribution in [0.2, 0.25) is 0 Å². The van der Waals surface area contributed by atoms with E-state index in [0.717, 1.165) is 62.4 Å². The lowest BCUT2D eigenvalue weighted by atomic mass is 9.79. The fourth-order valence-corrected chi connectivity index (χ4v) is 13.0. The Bertz CT molecular complexity index is 4320. The molecule has 0 fully saturated rings. The Kier molecular flexibility index (Phi) is 9.00. The Morgan fingerprint density at radius 2 is 1.24 bits per heavy atom. The van der Waals surface area contributed by atoms with Crippen LogP contribution in [-0.4, -0.2) is 25.1 Å². The molecule has 3 atom stereocenters. The molecule has 11 aromatic rings. The molecule has 0 saturated carbocycles. The number of hydrogen-bond donors (Lipinski definition) is 0. The van der Waals surface area contributed by atoms with Crippen LogP contribution in [0.5, 0.6) is 0 Å². The van der Waals surface area contributed by atoms with Gasteiger partial charge in [-0.1, -0.05) is 172 Å². The third-order valence-corrected chi connectivity index (χ3v) is 16.8. The maximum atomic E-state index is 6.76. The monoisotopic (exact) mass is 953 g/mol. The van der Waals surface area contributed by atoms with Crippen LogP contribution in [0.25, 0.3) is 94.5 Å². The first-order valence-corrected chi connectivity index (χ1v) is 25.9. The Labute approximate surface area is 430 Å². The number of hydrogen-bond acceptors (Lipinski definition) is 5. The van der Waals surface area contributed by atoms with Crippen LogP contribution in [0, 0.1) is 0 Å². The first-order chi connectivity index (χ1) is 36.2. The number of para-hydroxylation sites is 3. The molecule has 354 valence electrons. The van der Waals surface area contributed by atoms with Crippen LogP contribution < -0.4 is 4.90 Å². The molecule has 0 N–H and O–H groups in total. The molecule has 3 unspecified atom stereocenters. The van der Waals surface area contributed by atoms with Crippen molar-refractivity contribution in [3.8, 4) is 50.7 Å². The van der Waals surface area contributed by atoms with Crippen molar-refractivity contribution in [3.05, 3.63) is 241 Å². The van der Waals surface area contributed by atoms with E-state index in [1.54, 1.807) is 0 Å². The van der Waals surface area contributed by atoms with Gasteiger partial charge in [-0.25, -0.2) is 15.0 Å². The fraction of sp³-hybridized carbons (Fsp3) is 0.132. The van der Waals surface area contributed by atoms with Crippen LogP contribution in [-0.2, 0) is 10.8 Å². The van der Waals surface area contributed by atoms with E-state index in [2.05, 4.69) is 256 Å². The maximum Gasteiger partial charge on any atom is 0.165 e. The number of benzene rings is 8. The smallest absolute Gasteiger partial charge is 0.165 e. The van der Waals surface area contributed by atoms with Crippen molar-refractivity contribution in [1.29, 1.82) is 0 Å². The van der Waals surface area contributed by atoms with E-state index in [1.807, 2.05) is 0 Å². The number of aromatic nitrogens is 4. The van der Waals surface area contributed by atoms with Gasteiger partial charge in [-0.15, -0.1) is 0 Å². The molecule has 0 saturated heterocycles. The van der Waals surface area contributed by atoms with E-state index in [0.29, 0.717) is 11.6 Å². The summed E-state index contributed by atoms with van der Waals surface area (Å²) >= 11 is 0. The van der Waals surface area contributed by atoms with Crippen LogP contribution in [0.1, 0.15) is 62.5 Å². The normalized spacial score (nSPS) is 19.9. The Hall–Kier alpha value is -8.87. The van der Waals surface area contributed by atoms with E-state index < -0.39 is 11.0 Å². The second-order valence-corrected chi connectivity index (χ2v) is 21.6. The molecule has 0 bridgehead atoms. The zero-order valence-electron chi connectivity index (χ0n) is 41.7. The zero-order chi connectivity index (χ0) is 49.5. The molecule has 74 heavy (non-hydrogen) atoms. The van der Waals surface area contributed by atoms with Gasteiger partial charge in [-0.05, 0) is 120 Å². The molecule has 6 nitrogen and oxygen atoms in total. The van der Waals surface area contributed by atoms with Crippen LogP contribution in [0.15, 0.2) is 223 Å². The van der Waals surface area contributed by atoms with Gasteiger partial charge in [0.1, 0.15) is 17.0 Å². The minimum atomic E-state index is -0.511. The molecule has 1 aliphatic heterocycles. The van der Waals surface area contributed by atoms with Crippen LogP contribution in [0.3, 0.4) is 0 Å². The number of allylic oxidation sites excluding steroid dienone is 6. The number of fused-ring (bicyclic) bond motifs is 12. The third kappa shape index (κ3) is 6.08. The quantitative estimate of drug-likeness (QED) is 0.166. The van der Waals surface area contributed by atoms with Crippen molar-refractivity contribution in [2.24, 2.45) is 0 Å². The minimum absolute atomic E-state index is 0.0321. The van der Waals surface area contributed by atoms with E-state index in [1.165, 1.54) is 60.8 Å². The Balaban J connectivity index is 0.950. The van der Waals surface area contributed by atoms with Crippen molar-refractivity contribution in [2.75, 3.05) is 4.90 Å². The van der Waals surface area contributed by atoms with Gasteiger partial charge in [-0.3, -0.25) is 0 Å². The summed E-state index contributed by atoms with van der Waals surface area (Å²) < 4.78 is 9.16. The van der Waals surface area contributed by atoms with Crippen molar-refractivity contribution in [3.63, 3.8) is 0 Å². The Morgan fingerprint density at radius 3 is 2.12 bits per heavy atom. The molecule has 0 spiro atoms. The average molecular weight is 954 g/mol. The average Bonchev–Trinajstić information content (AvgIpc) is 4.21. The van der Waals surface area contributed by atoms with Gasteiger partial charge in [0, 0.05) is 55.4 Å². The number of rotatable bonds is 6. The topological polar surface area (TPSA) is 60.0 Å². The molecule has 0 radical (unpaired) electrons. The molecule has 8 aromatic carbocycles.